The van der Waals surface area contributed by atoms with Crippen molar-refractivity contribution in [2.24, 2.45) is 5.14 Å². The second kappa shape index (κ2) is 8.90. The van der Waals surface area contributed by atoms with Crippen molar-refractivity contribution in [1.82, 2.24) is 9.88 Å². The van der Waals surface area contributed by atoms with E-state index in [0.29, 0.717) is 16.8 Å². The van der Waals surface area contributed by atoms with Crippen LogP contribution in [-0.2, 0) is 21.2 Å². The van der Waals surface area contributed by atoms with Crippen molar-refractivity contribution in [2.75, 3.05) is 25.0 Å². The minimum absolute atomic E-state index is 0.0235. The topological polar surface area (TPSA) is 108 Å². The summed E-state index contributed by atoms with van der Waals surface area (Å²) < 4.78 is 23.4. The number of aromatic nitrogens is 1. The summed E-state index contributed by atoms with van der Waals surface area (Å²) in [5, 5.41) is 9.10. The summed E-state index contributed by atoms with van der Waals surface area (Å²) >= 11 is 0. The van der Waals surface area contributed by atoms with E-state index < -0.39 is 10.0 Å². The average Bonchev–Trinajstić information content (AvgIpc) is 3.30. The number of sulfonamides is 1. The van der Waals surface area contributed by atoms with Gasteiger partial charge >= 0.3 is 0 Å². The van der Waals surface area contributed by atoms with Crippen LogP contribution >= 0.6 is 0 Å². The maximum atomic E-state index is 12.5. The third kappa shape index (κ3) is 4.62. The highest BCUT2D eigenvalue weighted by atomic mass is 32.2. The highest BCUT2D eigenvalue weighted by molar-refractivity contribution is 7.89. The van der Waals surface area contributed by atoms with Gasteiger partial charge in [0.1, 0.15) is 0 Å². The fourth-order valence-corrected chi connectivity index (χ4v) is 4.67. The number of benzene rings is 2. The van der Waals surface area contributed by atoms with E-state index in [2.05, 4.69) is 47.2 Å². The summed E-state index contributed by atoms with van der Waals surface area (Å²) in [7, 11) is -3.86. The maximum absolute atomic E-state index is 12.5. The second-order valence-corrected chi connectivity index (χ2v) is 9.60. The third-order valence-electron chi connectivity index (χ3n) is 5.94. The molecule has 0 radical (unpaired) electrons. The molecule has 0 unspecified atom stereocenters. The van der Waals surface area contributed by atoms with Crippen LogP contribution in [0, 0.1) is 0 Å². The van der Waals surface area contributed by atoms with Gasteiger partial charge in [-0.05, 0) is 80.5 Å². The van der Waals surface area contributed by atoms with E-state index >= 15 is 0 Å². The highest BCUT2D eigenvalue weighted by Gasteiger charge is 2.26. The molecule has 0 saturated carbocycles. The molecule has 2 heterocycles. The molecule has 3 aromatic rings. The van der Waals surface area contributed by atoms with E-state index in [1.807, 2.05) is 6.07 Å². The molecule has 1 aliphatic heterocycles. The SMILES string of the molecule is CCN(CC)CCCc1ccc2[nH]c(C=C3C(=O)Nc4ccc(S(N)(=O)=O)cc43)cc2c1. The molecular formula is C24H28N4O3S. The number of amides is 1. The first-order valence-corrected chi connectivity index (χ1v) is 12.4. The number of hydrogen-bond acceptors (Lipinski definition) is 4. The molecule has 1 aliphatic rings. The smallest absolute Gasteiger partial charge is 0.256 e. The summed E-state index contributed by atoms with van der Waals surface area (Å²) in [6.07, 6.45) is 3.87. The zero-order valence-corrected chi connectivity index (χ0v) is 19.1. The standard InChI is InChI=1S/C24H28N4O3S/c1-3-28(4-2)11-5-6-16-7-9-22-17(12-16)13-18(26-22)14-21-20-15-19(32(25,30)31)8-10-23(20)27-24(21)29/h7-10,12-15,26H,3-6,11H2,1-2H3,(H,27,29)(H2,25,30,31). The first-order valence-electron chi connectivity index (χ1n) is 10.8. The van der Waals surface area contributed by atoms with E-state index in [1.54, 1.807) is 12.1 Å². The highest BCUT2D eigenvalue weighted by Crippen LogP contribution is 2.35. The van der Waals surface area contributed by atoms with E-state index in [-0.39, 0.29) is 10.8 Å². The Kier molecular flexibility index (Phi) is 6.19. The Morgan fingerprint density at radius 3 is 2.56 bits per heavy atom. The largest absolute Gasteiger partial charge is 0.355 e. The molecule has 4 rings (SSSR count). The van der Waals surface area contributed by atoms with Gasteiger partial charge in [0.15, 0.2) is 0 Å². The minimum atomic E-state index is -3.86. The normalized spacial score (nSPS) is 15.0. The van der Waals surface area contributed by atoms with Gasteiger partial charge in [0.2, 0.25) is 10.0 Å². The van der Waals surface area contributed by atoms with Gasteiger partial charge in [-0.25, -0.2) is 13.6 Å². The number of rotatable bonds is 8. The molecule has 0 spiro atoms. The van der Waals surface area contributed by atoms with Gasteiger partial charge in [-0.15, -0.1) is 0 Å². The van der Waals surface area contributed by atoms with Gasteiger partial charge in [-0.1, -0.05) is 19.9 Å². The molecule has 0 bridgehead atoms. The van der Waals surface area contributed by atoms with E-state index in [1.165, 1.54) is 17.7 Å². The van der Waals surface area contributed by atoms with E-state index in [0.717, 1.165) is 49.1 Å². The summed E-state index contributed by atoms with van der Waals surface area (Å²) in [6.45, 7) is 7.60. The van der Waals surface area contributed by atoms with Gasteiger partial charge in [0, 0.05) is 27.8 Å². The lowest BCUT2D eigenvalue weighted by atomic mass is 10.1. The Labute approximate surface area is 188 Å². The predicted molar refractivity (Wildman–Crippen MR) is 129 cm³/mol. The van der Waals surface area contributed by atoms with Crippen molar-refractivity contribution in [2.45, 2.75) is 31.6 Å². The molecule has 4 N–H and O–H groups in total. The second-order valence-electron chi connectivity index (χ2n) is 8.04. The molecule has 168 valence electrons. The lowest BCUT2D eigenvalue weighted by Gasteiger charge is -2.17. The number of fused-ring (bicyclic) bond motifs is 2. The summed E-state index contributed by atoms with van der Waals surface area (Å²) in [5.41, 5.74) is 4.54. The van der Waals surface area contributed by atoms with Gasteiger partial charge in [-0.3, -0.25) is 4.79 Å². The van der Waals surface area contributed by atoms with E-state index in [4.69, 9.17) is 5.14 Å². The van der Waals surface area contributed by atoms with Crippen LogP contribution in [0.15, 0.2) is 47.4 Å². The molecular weight excluding hydrogens is 424 g/mol. The van der Waals surface area contributed by atoms with Crippen LogP contribution in [0.3, 0.4) is 0 Å². The lowest BCUT2D eigenvalue weighted by molar-refractivity contribution is -0.110. The number of primary sulfonamides is 1. The van der Waals surface area contributed by atoms with Crippen LogP contribution in [0.25, 0.3) is 22.6 Å². The van der Waals surface area contributed by atoms with Crippen molar-refractivity contribution in [3.05, 3.63) is 59.3 Å². The Morgan fingerprint density at radius 2 is 1.84 bits per heavy atom. The number of nitrogens with one attached hydrogen (secondary N) is 2. The Hall–Kier alpha value is -2.94. The Morgan fingerprint density at radius 1 is 1.06 bits per heavy atom. The summed E-state index contributed by atoms with van der Waals surface area (Å²) in [4.78, 5) is 18.2. The fourth-order valence-electron chi connectivity index (χ4n) is 4.13. The number of nitrogens with two attached hydrogens (primary N) is 1. The van der Waals surface area contributed by atoms with Crippen LogP contribution in [0.1, 0.15) is 37.1 Å². The zero-order chi connectivity index (χ0) is 22.9. The molecule has 1 amide bonds. The molecule has 2 aromatic carbocycles. The predicted octanol–water partition coefficient (Wildman–Crippen LogP) is 3.58. The number of hydrogen-bond donors (Lipinski definition) is 3. The number of nitrogens with zero attached hydrogens (tertiary/aromatic N) is 1. The number of carbonyl (C=O) groups excluding carboxylic acids is 1. The number of aryl methyl sites for hydroxylation is 1. The number of anilines is 1. The van der Waals surface area contributed by atoms with Crippen molar-refractivity contribution < 1.29 is 13.2 Å². The van der Waals surface area contributed by atoms with E-state index in [9.17, 15) is 13.2 Å². The average molecular weight is 453 g/mol. The van der Waals surface area contributed by atoms with Crippen molar-refractivity contribution in [3.8, 4) is 0 Å². The molecule has 0 atom stereocenters. The van der Waals surface area contributed by atoms with Gasteiger partial charge in [0.25, 0.3) is 5.91 Å². The maximum Gasteiger partial charge on any atom is 0.256 e. The van der Waals surface area contributed by atoms with Gasteiger partial charge in [-0.2, -0.15) is 0 Å². The molecule has 7 nitrogen and oxygen atoms in total. The van der Waals surface area contributed by atoms with Crippen molar-refractivity contribution >= 4 is 44.2 Å². The molecule has 0 fully saturated rings. The van der Waals surface area contributed by atoms with Crippen LogP contribution in [0.4, 0.5) is 5.69 Å². The summed E-state index contributed by atoms with van der Waals surface area (Å²) in [5.74, 6) is -0.276. The number of H-pyrrole nitrogens is 1. The Balaban J connectivity index is 1.59. The minimum Gasteiger partial charge on any atom is -0.355 e. The zero-order valence-electron chi connectivity index (χ0n) is 18.3. The van der Waals surface area contributed by atoms with Crippen LogP contribution < -0.4 is 10.5 Å². The van der Waals surface area contributed by atoms with Crippen LogP contribution in [0.2, 0.25) is 0 Å². The summed E-state index contributed by atoms with van der Waals surface area (Å²) in [6, 6.07) is 12.8. The first kappa shape index (κ1) is 22.3. The molecule has 32 heavy (non-hydrogen) atoms. The van der Waals surface area contributed by atoms with Crippen LogP contribution in [-0.4, -0.2) is 43.8 Å². The van der Waals surface area contributed by atoms with Crippen molar-refractivity contribution in [1.29, 1.82) is 0 Å². The number of aromatic amines is 1. The molecule has 8 heteroatoms. The first-order chi connectivity index (χ1) is 15.3. The van der Waals surface area contributed by atoms with Gasteiger partial charge < -0.3 is 15.2 Å². The lowest BCUT2D eigenvalue weighted by Crippen LogP contribution is -2.24. The monoisotopic (exact) mass is 452 g/mol. The number of carbonyl (C=O) groups is 1. The van der Waals surface area contributed by atoms with Gasteiger partial charge in [0.05, 0.1) is 10.5 Å². The third-order valence-corrected chi connectivity index (χ3v) is 6.85. The van der Waals surface area contributed by atoms with Crippen molar-refractivity contribution in [3.63, 3.8) is 0 Å². The quantitative estimate of drug-likeness (QED) is 0.454. The van der Waals surface area contributed by atoms with Crippen LogP contribution in [0.5, 0.6) is 0 Å². The molecule has 0 aliphatic carbocycles. The molecule has 0 saturated heterocycles. The Bertz CT molecular complexity index is 1300. The fraction of sp³-hybridized carbons (Fsp3) is 0.292. The molecule has 1 aromatic heterocycles.